The summed E-state index contributed by atoms with van der Waals surface area (Å²) in [6.07, 6.45) is 1.05. The molecule has 4 rings (SSSR count). The topological polar surface area (TPSA) is 0 Å². The summed E-state index contributed by atoms with van der Waals surface area (Å²) in [7, 11) is 0. The zero-order valence-electron chi connectivity index (χ0n) is 18.3. The van der Waals surface area contributed by atoms with Gasteiger partial charge in [-0.05, 0) is 6.42 Å². The summed E-state index contributed by atoms with van der Waals surface area (Å²) < 4.78 is 3.34. The molecule has 0 nitrogen and oxygen atoms in total. The second-order valence-electron chi connectivity index (χ2n) is 8.23. The van der Waals surface area contributed by atoms with E-state index >= 15 is 0 Å². The average Bonchev–Trinajstić information content (AvgIpc) is 3.21. The predicted molar refractivity (Wildman–Crippen MR) is 116 cm³/mol. The third kappa shape index (κ3) is 7.09. The van der Waals surface area contributed by atoms with Crippen LogP contribution >= 0.6 is 0 Å². The van der Waals surface area contributed by atoms with Gasteiger partial charge in [0.1, 0.15) is 0 Å². The van der Waals surface area contributed by atoms with Crippen LogP contribution in [0.4, 0.5) is 0 Å². The summed E-state index contributed by atoms with van der Waals surface area (Å²) >= 11 is 1.30. The molecule has 29 heavy (non-hydrogen) atoms. The van der Waals surface area contributed by atoms with Crippen LogP contribution in [0.3, 0.4) is 0 Å². The first-order chi connectivity index (χ1) is 12.8. The van der Waals surface area contributed by atoms with Crippen LogP contribution in [0.5, 0.6) is 0 Å². The van der Waals surface area contributed by atoms with Crippen molar-refractivity contribution < 1.29 is 49.0 Å². The number of rotatable bonds is 0. The summed E-state index contributed by atoms with van der Waals surface area (Å²) in [6.45, 7) is 13.1. The molecular formula is C26H30Cl2Zr-2. The average molecular weight is 505 g/mol. The second kappa shape index (κ2) is 12.1. The Morgan fingerprint density at radius 1 is 0.966 bits per heavy atom. The van der Waals surface area contributed by atoms with Crippen LogP contribution in [0, 0.1) is 26.8 Å². The maximum absolute atomic E-state index is 3.50. The van der Waals surface area contributed by atoms with E-state index in [1.54, 1.807) is 0 Å². The third-order valence-electron chi connectivity index (χ3n) is 5.07. The Bertz CT molecular complexity index is 917. The maximum atomic E-state index is 3.50. The third-order valence-corrected chi connectivity index (χ3v) is 5.07. The second-order valence-corrected chi connectivity index (χ2v) is 8.23. The van der Waals surface area contributed by atoms with Gasteiger partial charge < -0.3 is 24.8 Å². The molecule has 0 fully saturated rings. The molecule has 0 atom stereocenters. The Balaban J connectivity index is 0.000000498. The summed E-state index contributed by atoms with van der Waals surface area (Å²) in [4.78, 5) is 0. The molecule has 0 saturated carbocycles. The van der Waals surface area contributed by atoms with Crippen molar-refractivity contribution in [1.29, 1.82) is 0 Å². The molecule has 0 radical (unpaired) electrons. The van der Waals surface area contributed by atoms with Gasteiger partial charge in [0.05, 0.1) is 0 Å². The van der Waals surface area contributed by atoms with E-state index < -0.39 is 0 Å². The fraction of sp³-hybridized carbons (Fsp3) is 0.308. The molecule has 0 heterocycles. The van der Waals surface area contributed by atoms with Crippen molar-refractivity contribution in [2.75, 3.05) is 0 Å². The first kappa shape index (κ1) is 28.1. The van der Waals surface area contributed by atoms with Crippen LogP contribution in [0.25, 0.3) is 11.1 Å². The number of benzene rings is 2. The fourth-order valence-electron chi connectivity index (χ4n) is 3.34. The molecule has 0 saturated heterocycles. The quantitative estimate of drug-likeness (QED) is 0.309. The van der Waals surface area contributed by atoms with Crippen LogP contribution in [0.15, 0.2) is 48.5 Å². The van der Waals surface area contributed by atoms with Gasteiger partial charge in [0.25, 0.3) is 0 Å². The first-order valence-corrected chi connectivity index (χ1v) is 11.2. The predicted octanol–water partition coefficient (Wildman–Crippen LogP) is 0.659. The Morgan fingerprint density at radius 3 is 2.10 bits per heavy atom. The van der Waals surface area contributed by atoms with Crippen LogP contribution in [-0.4, -0.2) is 4.21 Å². The summed E-state index contributed by atoms with van der Waals surface area (Å²) in [5.41, 5.74) is 11.3. The largest absolute Gasteiger partial charge is 1.00 e. The van der Waals surface area contributed by atoms with Crippen LogP contribution < -0.4 is 24.8 Å². The fourth-order valence-corrected chi connectivity index (χ4v) is 3.34. The minimum atomic E-state index is 0. The van der Waals surface area contributed by atoms with Crippen molar-refractivity contribution >= 4 is 4.21 Å². The van der Waals surface area contributed by atoms with Crippen molar-refractivity contribution in [1.82, 2.24) is 0 Å². The van der Waals surface area contributed by atoms with E-state index in [1.807, 2.05) is 0 Å². The Kier molecular flexibility index (Phi) is 11.7. The maximum Gasteiger partial charge on any atom is -1.00 e. The monoisotopic (exact) mass is 502 g/mol. The minimum Gasteiger partial charge on any atom is -1.00 e. The van der Waals surface area contributed by atoms with Crippen molar-refractivity contribution in [3.63, 3.8) is 0 Å². The summed E-state index contributed by atoms with van der Waals surface area (Å²) in [5.74, 6) is 0. The molecule has 0 bridgehead atoms. The standard InChI is InChI=1S/C15H13.C10H15.CH2.2ClH.Zr/c1-10-7-13-9-12-5-3-4-6-14(12)15(13)8-11(10)2;1-8-5-6-9(7-8)10(2,3)4;;;;/h3-6,8H,9H2,1-2H3;5-7H,1-4H3;1H2;2*1H;/q2*-1;;;;+2/p-2. The molecule has 154 valence electrons. The molecule has 3 aromatic rings. The van der Waals surface area contributed by atoms with Crippen LogP contribution in [0.1, 0.15) is 54.2 Å². The molecule has 0 aromatic heterocycles. The first-order valence-electron chi connectivity index (χ1n) is 9.45. The van der Waals surface area contributed by atoms with Gasteiger partial charge in [-0.2, -0.15) is 46.5 Å². The molecule has 0 amide bonds. The van der Waals surface area contributed by atoms with Gasteiger partial charge in [0.2, 0.25) is 0 Å². The van der Waals surface area contributed by atoms with Gasteiger partial charge >= 0.3 is 28.4 Å². The molecule has 0 spiro atoms. The SMILES string of the molecule is Cc1[c-]c2c(cc1C)-c1ccccc1C2.Cc1cc(C(C)(C)C)c[cH-]1.[CH2]=[Zr+2].[Cl-].[Cl-]. The summed E-state index contributed by atoms with van der Waals surface area (Å²) in [5, 5.41) is 0. The Labute approximate surface area is 204 Å². The molecule has 1 aliphatic carbocycles. The smallest absolute Gasteiger partial charge is 1.00 e. The molecule has 0 N–H and O–H groups in total. The van der Waals surface area contributed by atoms with Gasteiger partial charge in [-0.1, -0.05) is 82.3 Å². The van der Waals surface area contributed by atoms with E-state index in [-0.39, 0.29) is 24.8 Å². The molecule has 0 unspecified atom stereocenters. The number of aryl methyl sites for hydroxylation is 3. The van der Waals surface area contributed by atoms with Gasteiger partial charge in [0.15, 0.2) is 0 Å². The molecule has 3 heteroatoms. The Morgan fingerprint density at radius 2 is 1.59 bits per heavy atom. The zero-order valence-corrected chi connectivity index (χ0v) is 22.3. The van der Waals surface area contributed by atoms with Gasteiger partial charge in [-0.15, -0.1) is 11.1 Å². The van der Waals surface area contributed by atoms with Crippen molar-refractivity contribution in [2.24, 2.45) is 0 Å². The van der Waals surface area contributed by atoms with Gasteiger partial charge in [-0.3, -0.25) is 0 Å². The van der Waals surface area contributed by atoms with Crippen molar-refractivity contribution in [3.05, 3.63) is 88.0 Å². The van der Waals surface area contributed by atoms with Gasteiger partial charge in [-0.25, -0.2) is 6.07 Å². The zero-order chi connectivity index (χ0) is 20.2. The van der Waals surface area contributed by atoms with Crippen LogP contribution in [-0.2, 0) is 36.1 Å². The number of hydrogen-bond donors (Lipinski definition) is 0. The molecular weight excluding hydrogens is 474 g/mol. The van der Waals surface area contributed by atoms with E-state index in [0.29, 0.717) is 5.41 Å². The van der Waals surface area contributed by atoms with E-state index in [2.05, 4.69) is 100 Å². The molecule has 1 aliphatic rings. The number of halogens is 2. The van der Waals surface area contributed by atoms with Crippen LogP contribution in [0.2, 0.25) is 0 Å². The van der Waals surface area contributed by atoms with E-state index in [9.17, 15) is 0 Å². The Hall–Kier alpha value is -0.877. The normalized spacial score (nSPS) is 10.8. The van der Waals surface area contributed by atoms with E-state index in [1.165, 1.54) is 68.7 Å². The minimum absolute atomic E-state index is 0. The van der Waals surface area contributed by atoms with Crippen molar-refractivity contribution in [2.45, 2.75) is 53.4 Å². The molecule has 3 aromatic carbocycles. The van der Waals surface area contributed by atoms with Gasteiger partial charge in [0, 0.05) is 0 Å². The molecule has 0 aliphatic heterocycles. The number of hydrogen-bond acceptors (Lipinski definition) is 0. The van der Waals surface area contributed by atoms with E-state index in [0.717, 1.165) is 6.42 Å². The van der Waals surface area contributed by atoms with E-state index in [4.69, 9.17) is 0 Å². The number of fused-ring (bicyclic) bond motifs is 3. The van der Waals surface area contributed by atoms with Crippen molar-refractivity contribution in [3.8, 4) is 11.1 Å². The summed E-state index contributed by atoms with van der Waals surface area (Å²) in [6, 6.07) is 21.1.